The average Bonchev–Trinajstić information content (AvgIpc) is 3.20. The molecular formula is C15H16N4S. The van der Waals surface area contributed by atoms with E-state index in [0.29, 0.717) is 5.56 Å². The Balaban J connectivity index is 1.56. The number of hydrogen-bond acceptors (Lipinski definition) is 5. The summed E-state index contributed by atoms with van der Waals surface area (Å²) in [6.45, 7) is 1.07. The maximum absolute atomic E-state index is 8.79. The van der Waals surface area contributed by atoms with E-state index in [9.17, 15) is 0 Å². The van der Waals surface area contributed by atoms with E-state index in [1.54, 1.807) is 11.3 Å². The van der Waals surface area contributed by atoms with Crippen molar-refractivity contribution in [3.05, 3.63) is 34.8 Å². The fourth-order valence-electron chi connectivity index (χ4n) is 1.99. The Hall–Kier alpha value is -1.77. The number of nitrogens with one attached hydrogen (secondary N) is 1. The molecule has 0 bridgehead atoms. The molecule has 1 saturated carbocycles. The molecule has 0 saturated heterocycles. The highest BCUT2D eigenvalue weighted by Crippen LogP contribution is 2.24. The van der Waals surface area contributed by atoms with Crippen molar-refractivity contribution in [2.45, 2.75) is 31.7 Å². The molecule has 0 radical (unpaired) electrons. The molecular weight excluding hydrogens is 268 g/mol. The number of rotatable bonds is 6. The highest BCUT2D eigenvalue weighted by Gasteiger charge is 2.19. The molecule has 0 amide bonds. The van der Waals surface area contributed by atoms with Crippen molar-refractivity contribution in [3.63, 3.8) is 0 Å². The summed E-state index contributed by atoms with van der Waals surface area (Å²) in [6.07, 6.45) is 4.76. The standard InChI is InChI=1S/C15H16N4S/c16-10-11-3-5-12(6-4-11)15-19-18-14(20-15)2-1-9-17-13-7-8-13/h3-6,13,17H,1-2,7-9H2. The van der Waals surface area contributed by atoms with Gasteiger partial charge in [-0.3, -0.25) is 0 Å². The molecule has 20 heavy (non-hydrogen) atoms. The first-order chi connectivity index (χ1) is 9.85. The lowest BCUT2D eigenvalue weighted by Gasteiger charge is -1.99. The fraction of sp³-hybridized carbons (Fsp3) is 0.400. The van der Waals surface area contributed by atoms with E-state index in [0.717, 1.165) is 41.0 Å². The second-order valence-electron chi connectivity index (χ2n) is 5.02. The molecule has 1 aromatic carbocycles. The zero-order valence-corrected chi connectivity index (χ0v) is 12.0. The Morgan fingerprint density at radius 2 is 2.05 bits per heavy atom. The molecule has 1 fully saturated rings. The first-order valence-corrected chi connectivity index (χ1v) is 7.73. The number of benzene rings is 1. The summed E-state index contributed by atoms with van der Waals surface area (Å²) in [5, 5.41) is 22.8. The van der Waals surface area contributed by atoms with E-state index in [4.69, 9.17) is 5.26 Å². The molecule has 1 heterocycles. The van der Waals surface area contributed by atoms with E-state index in [-0.39, 0.29) is 0 Å². The lowest BCUT2D eigenvalue weighted by Crippen LogP contribution is -2.17. The van der Waals surface area contributed by atoms with Crippen LogP contribution >= 0.6 is 11.3 Å². The van der Waals surface area contributed by atoms with Gasteiger partial charge in [0.1, 0.15) is 10.0 Å². The Morgan fingerprint density at radius 1 is 1.25 bits per heavy atom. The Morgan fingerprint density at radius 3 is 2.75 bits per heavy atom. The minimum absolute atomic E-state index is 0.671. The topological polar surface area (TPSA) is 61.6 Å². The summed E-state index contributed by atoms with van der Waals surface area (Å²) < 4.78 is 0. The van der Waals surface area contributed by atoms with Crippen molar-refractivity contribution < 1.29 is 0 Å². The van der Waals surface area contributed by atoms with Gasteiger partial charge in [-0.2, -0.15) is 5.26 Å². The van der Waals surface area contributed by atoms with Crippen LogP contribution in [0, 0.1) is 11.3 Å². The molecule has 5 heteroatoms. The predicted molar refractivity (Wildman–Crippen MR) is 79.4 cm³/mol. The quantitative estimate of drug-likeness (QED) is 0.829. The smallest absolute Gasteiger partial charge is 0.147 e. The van der Waals surface area contributed by atoms with E-state index >= 15 is 0 Å². The van der Waals surface area contributed by atoms with Gasteiger partial charge in [0, 0.05) is 18.0 Å². The largest absolute Gasteiger partial charge is 0.314 e. The van der Waals surface area contributed by atoms with E-state index < -0.39 is 0 Å². The van der Waals surface area contributed by atoms with Crippen LogP contribution < -0.4 is 5.32 Å². The van der Waals surface area contributed by atoms with Crippen LogP contribution in [-0.4, -0.2) is 22.8 Å². The van der Waals surface area contributed by atoms with Gasteiger partial charge in [-0.05, 0) is 37.9 Å². The maximum Gasteiger partial charge on any atom is 0.147 e. The lowest BCUT2D eigenvalue weighted by atomic mass is 10.2. The van der Waals surface area contributed by atoms with Crippen molar-refractivity contribution in [3.8, 4) is 16.6 Å². The van der Waals surface area contributed by atoms with Crippen LogP contribution in [0.15, 0.2) is 24.3 Å². The normalized spacial score (nSPS) is 14.2. The molecule has 1 aromatic heterocycles. The molecule has 0 unspecified atom stereocenters. The van der Waals surface area contributed by atoms with Gasteiger partial charge in [0.15, 0.2) is 0 Å². The summed E-state index contributed by atoms with van der Waals surface area (Å²) in [4.78, 5) is 0. The summed E-state index contributed by atoms with van der Waals surface area (Å²) in [6, 6.07) is 10.4. The summed E-state index contributed by atoms with van der Waals surface area (Å²) in [7, 11) is 0. The third-order valence-electron chi connectivity index (χ3n) is 3.31. The molecule has 0 spiro atoms. The van der Waals surface area contributed by atoms with Crippen molar-refractivity contribution in [2.24, 2.45) is 0 Å². The van der Waals surface area contributed by atoms with Crippen LogP contribution in [-0.2, 0) is 6.42 Å². The Bertz CT molecular complexity index is 608. The molecule has 1 N–H and O–H groups in total. The van der Waals surface area contributed by atoms with Gasteiger partial charge in [-0.25, -0.2) is 0 Å². The van der Waals surface area contributed by atoms with Crippen LogP contribution in [0.5, 0.6) is 0 Å². The van der Waals surface area contributed by atoms with Crippen molar-refractivity contribution in [1.82, 2.24) is 15.5 Å². The third-order valence-corrected chi connectivity index (χ3v) is 4.34. The van der Waals surface area contributed by atoms with Crippen LogP contribution in [0.4, 0.5) is 0 Å². The maximum atomic E-state index is 8.79. The van der Waals surface area contributed by atoms with Crippen LogP contribution in [0.2, 0.25) is 0 Å². The number of aromatic nitrogens is 2. The summed E-state index contributed by atoms with van der Waals surface area (Å²) in [5.74, 6) is 0. The zero-order valence-electron chi connectivity index (χ0n) is 11.2. The minimum atomic E-state index is 0.671. The van der Waals surface area contributed by atoms with Crippen LogP contribution in [0.1, 0.15) is 29.8 Å². The van der Waals surface area contributed by atoms with E-state index in [2.05, 4.69) is 21.6 Å². The highest BCUT2D eigenvalue weighted by atomic mass is 32.1. The molecule has 4 nitrogen and oxygen atoms in total. The van der Waals surface area contributed by atoms with Crippen molar-refractivity contribution in [1.29, 1.82) is 5.26 Å². The zero-order chi connectivity index (χ0) is 13.8. The first-order valence-electron chi connectivity index (χ1n) is 6.91. The Kier molecular flexibility index (Phi) is 4.05. The fourth-order valence-corrected chi connectivity index (χ4v) is 2.88. The van der Waals surface area contributed by atoms with Gasteiger partial charge in [-0.1, -0.05) is 23.5 Å². The predicted octanol–water partition coefficient (Wildman–Crippen LogP) is 2.76. The van der Waals surface area contributed by atoms with Gasteiger partial charge >= 0.3 is 0 Å². The third kappa shape index (κ3) is 3.41. The monoisotopic (exact) mass is 284 g/mol. The van der Waals surface area contributed by atoms with Crippen LogP contribution in [0.3, 0.4) is 0 Å². The lowest BCUT2D eigenvalue weighted by molar-refractivity contribution is 0.643. The van der Waals surface area contributed by atoms with Crippen molar-refractivity contribution >= 4 is 11.3 Å². The number of nitriles is 1. The highest BCUT2D eigenvalue weighted by molar-refractivity contribution is 7.14. The van der Waals surface area contributed by atoms with E-state index in [1.165, 1.54) is 12.8 Å². The van der Waals surface area contributed by atoms with Gasteiger partial charge < -0.3 is 5.32 Å². The molecule has 0 atom stereocenters. The van der Waals surface area contributed by atoms with E-state index in [1.807, 2.05) is 24.3 Å². The molecule has 102 valence electrons. The number of nitrogens with zero attached hydrogens (tertiary/aromatic N) is 3. The van der Waals surface area contributed by atoms with Gasteiger partial charge in [0.2, 0.25) is 0 Å². The minimum Gasteiger partial charge on any atom is -0.314 e. The number of aryl methyl sites for hydroxylation is 1. The number of hydrogen-bond donors (Lipinski definition) is 1. The molecule has 2 aromatic rings. The summed E-state index contributed by atoms with van der Waals surface area (Å²) >= 11 is 1.64. The molecule has 1 aliphatic carbocycles. The molecule has 3 rings (SSSR count). The van der Waals surface area contributed by atoms with Gasteiger partial charge in [0.25, 0.3) is 0 Å². The Labute approximate surface area is 122 Å². The molecule has 0 aliphatic heterocycles. The molecule has 1 aliphatic rings. The second kappa shape index (κ2) is 6.12. The summed E-state index contributed by atoms with van der Waals surface area (Å²) in [5.41, 5.74) is 1.70. The van der Waals surface area contributed by atoms with Gasteiger partial charge in [0.05, 0.1) is 11.6 Å². The average molecular weight is 284 g/mol. The van der Waals surface area contributed by atoms with Crippen LogP contribution in [0.25, 0.3) is 10.6 Å². The van der Waals surface area contributed by atoms with Gasteiger partial charge in [-0.15, -0.1) is 10.2 Å². The second-order valence-corrected chi connectivity index (χ2v) is 6.08. The van der Waals surface area contributed by atoms with Crippen molar-refractivity contribution in [2.75, 3.05) is 6.54 Å². The first kappa shape index (κ1) is 13.2. The SMILES string of the molecule is N#Cc1ccc(-c2nnc(CCCNC3CC3)s2)cc1.